The van der Waals surface area contributed by atoms with Crippen LogP contribution in [0.5, 0.6) is 0 Å². The van der Waals surface area contributed by atoms with E-state index in [2.05, 4.69) is 28.5 Å². The number of carboxylic acids is 1. The second-order valence-corrected chi connectivity index (χ2v) is 5.84. The number of carbonyl (C=O) groups is 5. The molecule has 28 heavy (non-hydrogen) atoms. The minimum absolute atomic E-state index is 0.0661. The number of amides is 2. The van der Waals surface area contributed by atoms with Crippen LogP contribution in [0, 0.1) is 0 Å². The highest BCUT2D eigenvalue weighted by molar-refractivity contribution is 5.88. The van der Waals surface area contributed by atoms with Crippen molar-refractivity contribution in [2.45, 2.75) is 32.4 Å². The van der Waals surface area contributed by atoms with Gasteiger partial charge >= 0.3 is 11.9 Å². The predicted molar refractivity (Wildman–Crippen MR) is 94.1 cm³/mol. The highest BCUT2D eigenvalue weighted by Crippen LogP contribution is 1.96. The monoisotopic (exact) mass is 398 g/mol. The Morgan fingerprint density at radius 1 is 1.00 bits per heavy atom. The van der Waals surface area contributed by atoms with Crippen LogP contribution in [0.4, 0.5) is 0 Å². The third-order valence-corrected chi connectivity index (χ3v) is 3.08. The molecule has 0 unspecified atom stereocenters. The zero-order chi connectivity index (χ0) is 21.9. The van der Waals surface area contributed by atoms with Gasteiger partial charge in [-0.2, -0.15) is 0 Å². The Morgan fingerprint density at radius 3 is 1.96 bits per heavy atom. The number of ether oxygens (including phenoxy) is 2. The summed E-state index contributed by atoms with van der Waals surface area (Å²) in [7, 11) is 0. The molecule has 11 nitrogen and oxygen atoms in total. The number of hydrogen-bond acceptors (Lipinski definition) is 9. The normalized spacial score (nSPS) is 12.1. The smallest absolute Gasteiger partial charge is 0.333 e. The van der Waals surface area contributed by atoms with Gasteiger partial charge in [-0.1, -0.05) is 13.2 Å². The average molecular weight is 398 g/mol. The highest BCUT2D eigenvalue weighted by Gasteiger charge is 2.18. The van der Waals surface area contributed by atoms with Gasteiger partial charge in [-0.05, 0) is 13.8 Å². The quantitative estimate of drug-likeness (QED) is 0.233. The summed E-state index contributed by atoms with van der Waals surface area (Å²) in [4.78, 5) is 56.9. The maximum atomic E-state index is 11.8. The van der Waals surface area contributed by atoms with Gasteiger partial charge in [-0.25, -0.2) is 9.59 Å². The SMILES string of the molecule is C=C(C)C(=O)OC[C@H](NC(=O)CCNC(=O)[C@@H](N)COC(=O)C(=C)C)C(=O)[O-]. The zero-order valence-corrected chi connectivity index (χ0v) is 15.7. The third kappa shape index (κ3) is 10.1. The van der Waals surface area contributed by atoms with Crippen LogP contribution in [0.2, 0.25) is 0 Å². The molecule has 4 N–H and O–H groups in total. The molecule has 0 aromatic heterocycles. The molecule has 0 saturated carbocycles. The molecule has 0 aliphatic rings. The maximum absolute atomic E-state index is 11.8. The van der Waals surface area contributed by atoms with Crippen molar-refractivity contribution in [3.8, 4) is 0 Å². The summed E-state index contributed by atoms with van der Waals surface area (Å²) >= 11 is 0. The molecule has 2 atom stereocenters. The molecule has 0 heterocycles. The Hall–Kier alpha value is -3.21. The first kappa shape index (κ1) is 24.8. The van der Waals surface area contributed by atoms with E-state index in [9.17, 15) is 29.1 Å². The van der Waals surface area contributed by atoms with E-state index in [1.54, 1.807) is 0 Å². The molecule has 0 aromatic carbocycles. The number of nitrogens with one attached hydrogen (secondary N) is 2. The summed E-state index contributed by atoms with van der Waals surface area (Å²) in [5.74, 6) is -4.55. The van der Waals surface area contributed by atoms with Crippen LogP contribution in [0.1, 0.15) is 20.3 Å². The Kier molecular flexibility index (Phi) is 10.8. The second-order valence-electron chi connectivity index (χ2n) is 5.84. The number of esters is 2. The highest BCUT2D eigenvalue weighted by atomic mass is 16.5. The van der Waals surface area contributed by atoms with Crippen molar-refractivity contribution < 1.29 is 38.6 Å². The van der Waals surface area contributed by atoms with Crippen molar-refractivity contribution >= 4 is 29.7 Å². The summed E-state index contributed by atoms with van der Waals surface area (Å²) in [6.45, 7) is 8.36. The van der Waals surface area contributed by atoms with Crippen LogP contribution in [0.3, 0.4) is 0 Å². The third-order valence-electron chi connectivity index (χ3n) is 3.08. The Morgan fingerprint density at radius 2 is 1.50 bits per heavy atom. The fraction of sp³-hybridized carbons (Fsp3) is 0.471. The van der Waals surface area contributed by atoms with Crippen LogP contribution in [0.25, 0.3) is 0 Å². The first-order valence-electron chi connectivity index (χ1n) is 8.14. The fourth-order valence-electron chi connectivity index (χ4n) is 1.51. The van der Waals surface area contributed by atoms with Gasteiger partial charge in [-0.3, -0.25) is 9.59 Å². The predicted octanol–water partition coefficient (Wildman–Crippen LogP) is -2.71. The average Bonchev–Trinajstić information content (AvgIpc) is 2.61. The molecule has 2 amide bonds. The van der Waals surface area contributed by atoms with Crippen LogP contribution in [-0.4, -0.2) is 61.6 Å². The van der Waals surface area contributed by atoms with Crippen LogP contribution in [-0.2, 0) is 33.4 Å². The number of carboxylic acid groups (broad SMARTS) is 1. The van der Waals surface area contributed by atoms with Crippen molar-refractivity contribution in [1.82, 2.24) is 10.6 Å². The van der Waals surface area contributed by atoms with Gasteiger partial charge in [0.05, 0.1) is 5.97 Å². The molecule has 0 bridgehead atoms. The molecule has 0 rings (SSSR count). The van der Waals surface area contributed by atoms with Gasteiger partial charge in [0.1, 0.15) is 25.3 Å². The molecule has 0 aliphatic heterocycles. The molecule has 156 valence electrons. The molecule has 11 heteroatoms. The molecular formula is C17H24N3O8-. The van der Waals surface area contributed by atoms with E-state index in [-0.39, 0.29) is 30.7 Å². The van der Waals surface area contributed by atoms with Gasteiger partial charge in [0, 0.05) is 24.1 Å². The standard InChI is InChI=1S/C17H25N3O8/c1-9(2)16(25)27-7-11(18)14(22)19-6-5-13(21)20-12(15(23)24)8-28-17(26)10(3)4/h11-12H,1,3,5-8,18H2,2,4H3,(H,19,22)(H,20,21)(H,23,24)/p-1/t11-,12-/m0/s1. The van der Waals surface area contributed by atoms with Crippen LogP contribution >= 0.6 is 0 Å². The maximum Gasteiger partial charge on any atom is 0.333 e. The van der Waals surface area contributed by atoms with E-state index < -0.39 is 48.4 Å². The first-order chi connectivity index (χ1) is 13.0. The van der Waals surface area contributed by atoms with E-state index in [0.29, 0.717) is 0 Å². The largest absolute Gasteiger partial charge is 0.548 e. The minimum Gasteiger partial charge on any atom is -0.548 e. The molecule has 0 radical (unpaired) electrons. The first-order valence-corrected chi connectivity index (χ1v) is 8.14. The van der Waals surface area contributed by atoms with E-state index in [0.717, 1.165) is 0 Å². The van der Waals surface area contributed by atoms with E-state index >= 15 is 0 Å². The van der Waals surface area contributed by atoms with Crippen molar-refractivity contribution in [1.29, 1.82) is 0 Å². The summed E-state index contributed by atoms with van der Waals surface area (Å²) < 4.78 is 9.39. The lowest BCUT2D eigenvalue weighted by Gasteiger charge is -2.19. The van der Waals surface area contributed by atoms with Gasteiger partial charge in [0.25, 0.3) is 0 Å². The van der Waals surface area contributed by atoms with Crippen molar-refractivity contribution in [3.05, 3.63) is 24.3 Å². The summed E-state index contributed by atoms with van der Waals surface area (Å²) in [6.07, 6.45) is -0.276. The number of aliphatic carboxylic acids is 1. The topological polar surface area (TPSA) is 177 Å². The molecule has 0 aromatic rings. The lowest BCUT2D eigenvalue weighted by atomic mass is 10.2. The number of carbonyl (C=O) groups excluding carboxylic acids is 5. The second kappa shape index (κ2) is 12.2. The number of hydrogen-bond donors (Lipinski definition) is 3. The van der Waals surface area contributed by atoms with Gasteiger partial charge in [-0.15, -0.1) is 0 Å². The molecule has 0 saturated heterocycles. The molecule has 0 aliphatic carbocycles. The molecule has 0 fully saturated rings. The summed E-state index contributed by atoms with van der Waals surface area (Å²) in [5, 5.41) is 15.4. The van der Waals surface area contributed by atoms with Crippen molar-refractivity contribution in [2.75, 3.05) is 19.8 Å². The molecule has 0 spiro atoms. The fourth-order valence-corrected chi connectivity index (χ4v) is 1.51. The Bertz CT molecular complexity index is 659. The van der Waals surface area contributed by atoms with Gasteiger partial charge in [0.2, 0.25) is 11.8 Å². The van der Waals surface area contributed by atoms with Crippen LogP contribution < -0.4 is 21.5 Å². The van der Waals surface area contributed by atoms with Gasteiger partial charge < -0.3 is 35.7 Å². The zero-order valence-electron chi connectivity index (χ0n) is 15.7. The van der Waals surface area contributed by atoms with Crippen LogP contribution in [0.15, 0.2) is 24.3 Å². The lowest BCUT2D eigenvalue weighted by molar-refractivity contribution is -0.309. The Labute approximate surface area is 161 Å². The van der Waals surface area contributed by atoms with Crippen molar-refractivity contribution in [2.24, 2.45) is 5.73 Å². The van der Waals surface area contributed by atoms with Gasteiger partial charge in [0.15, 0.2) is 0 Å². The van der Waals surface area contributed by atoms with Crippen molar-refractivity contribution in [3.63, 3.8) is 0 Å². The summed E-state index contributed by atoms with van der Waals surface area (Å²) in [6, 6.07) is -2.71. The number of rotatable bonds is 12. The minimum atomic E-state index is -1.65. The number of nitrogens with two attached hydrogens (primary N) is 1. The summed E-state index contributed by atoms with van der Waals surface area (Å²) in [5.41, 5.74) is 5.75. The Balaban J connectivity index is 4.29. The van der Waals surface area contributed by atoms with E-state index in [4.69, 9.17) is 10.5 Å². The van der Waals surface area contributed by atoms with E-state index in [1.165, 1.54) is 13.8 Å². The lowest BCUT2D eigenvalue weighted by Crippen LogP contribution is -2.51. The van der Waals surface area contributed by atoms with E-state index in [1.807, 2.05) is 0 Å². The molecular weight excluding hydrogens is 374 g/mol.